The summed E-state index contributed by atoms with van der Waals surface area (Å²) < 4.78 is 81.3. The highest BCUT2D eigenvalue weighted by molar-refractivity contribution is 6.00. The second-order valence-electron chi connectivity index (χ2n) is 9.25. The predicted octanol–water partition coefficient (Wildman–Crippen LogP) is 2.84. The van der Waals surface area contributed by atoms with Gasteiger partial charge >= 0.3 is 6.36 Å². The maximum atomic E-state index is 15.1. The van der Waals surface area contributed by atoms with Crippen molar-refractivity contribution in [2.45, 2.75) is 30.8 Å². The Kier molecular flexibility index (Phi) is 8.47. The van der Waals surface area contributed by atoms with Gasteiger partial charge in [0.1, 0.15) is 35.2 Å². The molecule has 0 aliphatic carbocycles. The molecular formula is C26H26F5N3O6. The molecule has 0 spiro atoms. The maximum Gasteiger partial charge on any atom is 0.573 e. The topological polar surface area (TPSA) is 97.4 Å². The van der Waals surface area contributed by atoms with Crippen LogP contribution in [0.15, 0.2) is 36.4 Å². The molecule has 2 aliphatic heterocycles. The average Bonchev–Trinajstić information content (AvgIpc) is 3.40. The van der Waals surface area contributed by atoms with Gasteiger partial charge in [-0.15, -0.1) is 13.2 Å². The molecule has 3 atom stereocenters. The van der Waals surface area contributed by atoms with Crippen LogP contribution >= 0.6 is 0 Å². The van der Waals surface area contributed by atoms with Gasteiger partial charge < -0.3 is 29.3 Å². The van der Waals surface area contributed by atoms with Crippen molar-refractivity contribution in [2.75, 3.05) is 40.5 Å². The molecule has 2 unspecified atom stereocenters. The molecule has 2 heterocycles. The highest BCUT2D eigenvalue weighted by Gasteiger charge is 2.50. The number of nitrogens with zero attached hydrogens (tertiary/aromatic N) is 2. The number of likely N-dealkylation sites (tertiary alicyclic amines) is 2. The Hall–Kier alpha value is -3.94. The highest BCUT2D eigenvalue weighted by Crippen LogP contribution is 2.37. The monoisotopic (exact) mass is 571 g/mol. The average molecular weight is 571 g/mol. The number of nitrogens with one attached hydrogen (secondary N) is 1. The SMILES string of the molecule is COCCN1CCC(N2C[C@@H](c3c(F)cc(OC)cc3F)C(NC(=O)c3ccc(OC(F)(F)F)cc3)C2=O)C1=O. The number of alkyl halides is 3. The summed E-state index contributed by atoms with van der Waals surface area (Å²) in [6.07, 6.45) is -4.66. The lowest BCUT2D eigenvalue weighted by Gasteiger charge is -2.24. The lowest BCUT2D eigenvalue weighted by Crippen LogP contribution is -2.48. The number of hydrogen-bond donors (Lipinski definition) is 1. The van der Waals surface area contributed by atoms with E-state index in [4.69, 9.17) is 9.47 Å². The molecule has 0 saturated carbocycles. The van der Waals surface area contributed by atoms with Crippen LogP contribution in [0.25, 0.3) is 0 Å². The molecule has 9 nitrogen and oxygen atoms in total. The van der Waals surface area contributed by atoms with Crippen LogP contribution in [0.3, 0.4) is 0 Å². The second-order valence-corrected chi connectivity index (χ2v) is 9.25. The molecule has 2 fully saturated rings. The third kappa shape index (κ3) is 6.11. The van der Waals surface area contributed by atoms with Crippen LogP contribution in [0.2, 0.25) is 0 Å². The van der Waals surface area contributed by atoms with Gasteiger partial charge in [-0.2, -0.15) is 0 Å². The van der Waals surface area contributed by atoms with Gasteiger partial charge in [0, 0.05) is 55.9 Å². The van der Waals surface area contributed by atoms with Gasteiger partial charge in [-0.1, -0.05) is 0 Å². The van der Waals surface area contributed by atoms with Gasteiger partial charge in [0.15, 0.2) is 0 Å². The lowest BCUT2D eigenvalue weighted by atomic mass is 9.92. The summed E-state index contributed by atoms with van der Waals surface area (Å²) in [5.41, 5.74) is -0.601. The van der Waals surface area contributed by atoms with Crippen molar-refractivity contribution in [3.63, 3.8) is 0 Å². The van der Waals surface area contributed by atoms with Crippen LogP contribution in [0, 0.1) is 11.6 Å². The minimum Gasteiger partial charge on any atom is -0.497 e. The van der Waals surface area contributed by atoms with E-state index < -0.39 is 59.1 Å². The molecule has 4 rings (SSSR count). The number of hydrogen-bond acceptors (Lipinski definition) is 6. The fourth-order valence-corrected chi connectivity index (χ4v) is 4.96. The van der Waals surface area contributed by atoms with Crippen LogP contribution in [-0.2, 0) is 14.3 Å². The van der Waals surface area contributed by atoms with Crippen molar-refractivity contribution in [1.82, 2.24) is 15.1 Å². The minimum atomic E-state index is -4.93. The molecule has 0 bridgehead atoms. The van der Waals surface area contributed by atoms with Gasteiger partial charge in [0.25, 0.3) is 5.91 Å². The van der Waals surface area contributed by atoms with E-state index >= 15 is 8.78 Å². The molecule has 40 heavy (non-hydrogen) atoms. The molecule has 3 amide bonds. The van der Waals surface area contributed by atoms with Crippen molar-refractivity contribution < 1.29 is 50.5 Å². The number of benzene rings is 2. The summed E-state index contributed by atoms with van der Waals surface area (Å²) in [5, 5.41) is 2.46. The fraction of sp³-hybridized carbons (Fsp3) is 0.423. The lowest BCUT2D eigenvalue weighted by molar-refractivity contribution is -0.274. The van der Waals surface area contributed by atoms with Crippen molar-refractivity contribution in [3.8, 4) is 11.5 Å². The van der Waals surface area contributed by atoms with Gasteiger partial charge in [-0.3, -0.25) is 14.4 Å². The number of carbonyl (C=O) groups is 3. The van der Waals surface area contributed by atoms with Crippen LogP contribution in [-0.4, -0.2) is 86.4 Å². The standard InChI is InChI=1S/C26H26F5N3O6/c1-38-10-9-33-8-7-20(24(33)36)34-13-17(21-18(27)11-16(39-2)12-19(21)28)22(25(34)37)32-23(35)14-3-5-15(6-4-14)40-26(29,30)31/h3-6,11-12,17,20,22H,7-10,13H2,1-2H3,(H,32,35)/t17-,20?,22?/m0/s1. The van der Waals surface area contributed by atoms with Gasteiger partial charge in [0.2, 0.25) is 11.8 Å². The van der Waals surface area contributed by atoms with Crippen molar-refractivity contribution in [3.05, 3.63) is 59.2 Å². The predicted molar refractivity (Wildman–Crippen MR) is 129 cm³/mol. The number of halogens is 5. The molecule has 2 aromatic rings. The van der Waals surface area contributed by atoms with Gasteiger partial charge in [-0.05, 0) is 30.7 Å². The molecular weight excluding hydrogens is 545 g/mol. The van der Waals surface area contributed by atoms with Gasteiger partial charge in [-0.25, -0.2) is 8.78 Å². The van der Waals surface area contributed by atoms with E-state index in [0.29, 0.717) is 13.1 Å². The summed E-state index contributed by atoms with van der Waals surface area (Å²) >= 11 is 0. The normalized spacial score (nSPS) is 21.2. The van der Waals surface area contributed by atoms with Crippen LogP contribution in [0.4, 0.5) is 22.0 Å². The number of amides is 3. The first-order valence-electron chi connectivity index (χ1n) is 12.2. The maximum absolute atomic E-state index is 15.1. The molecule has 2 aliphatic rings. The molecule has 1 N–H and O–H groups in total. The van der Waals surface area contributed by atoms with Crippen molar-refractivity contribution in [2.24, 2.45) is 0 Å². The Morgan fingerprint density at radius 3 is 2.25 bits per heavy atom. The molecule has 2 saturated heterocycles. The number of ether oxygens (including phenoxy) is 3. The zero-order chi connectivity index (χ0) is 29.2. The molecule has 2 aromatic carbocycles. The van der Waals surface area contributed by atoms with E-state index in [0.717, 1.165) is 36.4 Å². The highest BCUT2D eigenvalue weighted by atomic mass is 19.4. The number of rotatable bonds is 9. The van der Waals surface area contributed by atoms with Crippen LogP contribution < -0.4 is 14.8 Å². The smallest absolute Gasteiger partial charge is 0.497 e. The van der Waals surface area contributed by atoms with Crippen LogP contribution in [0.1, 0.15) is 28.3 Å². The first kappa shape index (κ1) is 29.1. The van der Waals surface area contributed by atoms with E-state index in [9.17, 15) is 27.6 Å². The summed E-state index contributed by atoms with van der Waals surface area (Å²) in [5.74, 6) is -5.86. The number of methoxy groups -OCH3 is 2. The van der Waals surface area contributed by atoms with E-state index in [1.54, 1.807) is 0 Å². The first-order valence-corrected chi connectivity index (χ1v) is 12.2. The Bertz CT molecular complexity index is 1250. The second kappa shape index (κ2) is 11.7. The largest absolute Gasteiger partial charge is 0.573 e. The van der Waals surface area contributed by atoms with Gasteiger partial charge in [0.05, 0.1) is 13.7 Å². The summed E-state index contributed by atoms with van der Waals surface area (Å²) in [7, 11) is 2.71. The molecule has 0 aromatic heterocycles. The summed E-state index contributed by atoms with van der Waals surface area (Å²) in [4.78, 5) is 42.3. The van der Waals surface area contributed by atoms with Crippen LogP contribution in [0.5, 0.6) is 11.5 Å². The first-order chi connectivity index (χ1) is 18.9. The number of carbonyl (C=O) groups excluding carboxylic acids is 3. The quantitative estimate of drug-likeness (QED) is 0.465. The summed E-state index contributed by atoms with van der Waals surface area (Å²) in [6.45, 7) is 0.656. The molecule has 216 valence electrons. The summed E-state index contributed by atoms with van der Waals surface area (Å²) in [6, 6.07) is 3.42. The minimum absolute atomic E-state index is 0.0959. The Morgan fingerprint density at radius 1 is 1.02 bits per heavy atom. The Labute approximate surface area is 225 Å². The zero-order valence-corrected chi connectivity index (χ0v) is 21.5. The van der Waals surface area contributed by atoms with Crippen molar-refractivity contribution >= 4 is 17.7 Å². The van der Waals surface area contributed by atoms with Crippen molar-refractivity contribution in [1.29, 1.82) is 0 Å². The van der Waals surface area contributed by atoms with E-state index in [1.807, 2.05) is 0 Å². The fourth-order valence-electron chi connectivity index (χ4n) is 4.96. The third-order valence-electron chi connectivity index (χ3n) is 6.85. The van der Waals surface area contributed by atoms with E-state index in [-0.39, 0.29) is 36.8 Å². The molecule has 14 heteroatoms. The molecule has 0 radical (unpaired) electrons. The van der Waals surface area contributed by atoms with E-state index in [2.05, 4.69) is 10.1 Å². The Morgan fingerprint density at radius 2 is 1.68 bits per heavy atom. The zero-order valence-electron chi connectivity index (χ0n) is 21.5. The third-order valence-corrected chi connectivity index (χ3v) is 6.85. The van der Waals surface area contributed by atoms with E-state index in [1.165, 1.54) is 24.0 Å². The Balaban J connectivity index is 1.62.